The van der Waals surface area contributed by atoms with Crippen molar-refractivity contribution >= 4 is 11.8 Å². The molecule has 1 saturated carbocycles. The van der Waals surface area contributed by atoms with Crippen LogP contribution in [0.5, 0.6) is 0 Å². The fourth-order valence-corrected chi connectivity index (χ4v) is 2.10. The van der Waals surface area contributed by atoms with Gasteiger partial charge < -0.3 is 9.47 Å². The van der Waals surface area contributed by atoms with Crippen LogP contribution >= 0.6 is 0 Å². The molecule has 0 bridgehead atoms. The predicted molar refractivity (Wildman–Crippen MR) is 65.5 cm³/mol. The lowest BCUT2D eigenvalue weighted by Crippen LogP contribution is -2.12. The van der Waals surface area contributed by atoms with Crippen molar-refractivity contribution in [3.05, 3.63) is 23.5 Å². The number of cyclic esters (lactones) is 1. The molecular weight excluding hydrogens is 232 g/mol. The average molecular weight is 250 g/mol. The highest BCUT2D eigenvalue weighted by Crippen LogP contribution is 2.20. The first-order valence-corrected chi connectivity index (χ1v) is 6.44. The molecule has 18 heavy (non-hydrogen) atoms. The summed E-state index contributed by atoms with van der Waals surface area (Å²) in [6.07, 6.45) is 8.01. The largest absolute Gasteiger partial charge is 0.458 e. The molecule has 0 spiro atoms. The number of carbonyl (C=O) groups is 2. The van der Waals surface area contributed by atoms with E-state index < -0.39 is 6.29 Å². The third-order valence-corrected chi connectivity index (χ3v) is 3.23. The van der Waals surface area contributed by atoms with Gasteiger partial charge >= 0.3 is 5.97 Å². The number of allylic oxidation sites excluding steroid dienone is 1. The Labute approximate surface area is 107 Å². The van der Waals surface area contributed by atoms with Crippen molar-refractivity contribution in [3.8, 4) is 0 Å². The number of esters is 1. The van der Waals surface area contributed by atoms with E-state index in [9.17, 15) is 9.59 Å². The van der Waals surface area contributed by atoms with Crippen molar-refractivity contribution in [3.63, 3.8) is 0 Å². The zero-order chi connectivity index (χ0) is 13.0. The van der Waals surface area contributed by atoms with Crippen LogP contribution in [0.15, 0.2) is 23.5 Å². The lowest BCUT2D eigenvalue weighted by atomic mass is 9.96. The van der Waals surface area contributed by atoms with Crippen molar-refractivity contribution in [1.29, 1.82) is 0 Å². The van der Waals surface area contributed by atoms with Crippen molar-refractivity contribution in [1.82, 2.24) is 0 Å². The van der Waals surface area contributed by atoms with Gasteiger partial charge in [0.2, 0.25) is 0 Å². The summed E-state index contributed by atoms with van der Waals surface area (Å²) in [6, 6.07) is 0. The van der Waals surface area contributed by atoms with Crippen LogP contribution in [-0.4, -0.2) is 18.0 Å². The first kappa shape index (κ1) is 12.9. The minimum atomic E-state index is -0.678. The van der Waals surface area contributed by atoms with E-state index in [1.807, 2.05) is 0 Å². The van der Waals surface area contributed by atoms with Gasteiger partial charge in [-0.3, -0.25) is 4.79 Å². The number of rotatable bonds is 2. The van der Waals surface area contributed by atoms with Gasteiger partial charge in [0, 0.05) is 23.6 Å². The minimum absolute atomic E-state index is 0.153. The molecule has 0 radical (unpaired) electrons. The SMILES string of the molecule is CC1=CC(O/C=C2\CCCCCCC2=O)OC1=O. The maximum Gasteiger partial charge on any atom is 0.336 e. The fourth-order valence-electron chi connectivity index (χ4n) is 2.10. The maximum atomic E-state index is 11.8. The Bertz CT molecular complexity index is 406. The van der Waals surface area contributed by atoms with Crippen LogP contribution in [0.4, 0.5) is 0 Å². The van der Waals surface area contributed by atoms with Crippen LogP contribution in [0.3, 0.4) is 0 Å². The van der Waals surface area contributed by atoms with E-state index in [1.54, 1.807) is 13.0 Å². The summed E-state index contributed by atoms with van der Waals surface area (Å²) < 4.78 is 10.3. The monoisotopic (exact) mass is 250 g/mol. The summed E-state index contributed by atoms with van der Waals surface area (Å²) in [4.78, 5) is 23.0. The molecule has 2 rings (SSSR count). The summed E-state index contributed by atoms with van der Waals surface area (Å²) >= 11 is 0. The Kier molecular flexibility index (Phi) is 4.18. The van der Waals surface area contributed by atoms with E-state index in [4.69, 9.17) is 9.47 Å². The van der Waals surface area contributed by atoms with Gasteiger partial charge in [-0.05, 0) is 26.2 Å². The highest BCUT2D eigenvalue weighted by atomic mass is 16.7. The molecule has 1 unspecified atom stereocenters. The van der Waals surface area contributed by atoms with Crippen LogP contribution in [-0.2, 0) is 19.1 Å². The molecule has 2 aliphatic rings. The third-order valence-electron chi connectivity index (χ3n) is 3.23. The van der Waals surface area contributed by atoms with E-state index in [2.05, 4.69) is 0 Å². The molecule has 4 nitrogen and oxygen atoms in total. The van der Waals surface area contributed by atoms with Gasteiger partial charge in [-0.25, -0.2) is 4.79 Å². The second-order valence-electron chi connectivity index (χ2n) is 4.74. The first-order chi connectivity index (χ1) is 8.66. The number of hydrogen-bond donors (Lipinski definition) is 0. The summed E-state index contributed by atoms with van der Waals surface area (Å²) in [5.41, 5.74) is 1.26. The summed E-state index contributed by atoms with van der Waals surface area (Å²) in [6.45, 7) is 1.68. The average Bonchev–Trinajstić information content (AvgIpc) is 2.63. The molecule has 1 fully saturated rings. The van der Waals surface area contributed by atoms with Crippen molar-refractivity contribution in [2.75, 3.05) is 0 Å². The summed E-state index contributed by atoms with van der Waals surface area (Å²) in [5, 5.41) is 0. The van der Waals surface area contributed by atoms with Crippen LogP contribution in [0.2, 0.25) is 0 Å². The summed E-state index contributed by atoms with van der Waals surface area (Å²) in [5.74, 6) is -0.206. The second-order valence-corrected chi connectivity index (χ2v) is 4.74. The highest BCUT2D eigenvalue weighted by Gasteiger charge is 2.23. The van der Waals surface area contributed by atoms with Crippen LogP contribution in [0.25, 0.3) is 0 Å². The molecule has 0 saturated heterocycles. The van der Waals surface area contributed by atoms with Gasteiger partial charge in [0.15, 0.2) is 5.78 Å². The molecule has 0 amide bonds. The Morgan fingerprint density at radius 1 is 1.22 bits per heavy atom. The number of ketones is 1. The highest BCUT2D eigenvalue weighted by molar-refractivity contribution is 5.95. The Morgan fingerprint density at radius 2 is 1.94 bits per heavy atom. The van der Waals surface area contributed by atoms with E-state index in [0.29, 0.717) is 17.6 Å². The Hall–Kier alpha value is -1.58. The topological polar surface area (TPSA) is 52.6 Å². The van der Waals surface area contributed by atoms with Crippen molar-refractivity contribution < 1.29 is 19.1 Å². The number of Topliss-reactive ketones (excluding diaryl/α,β-unsaturated/α-hetero) is 1. The fraction of sp³-hybridized carbons (Fsp3) is 0.571. The first-order valence-electron chi connectivity index (χ1n) is 6.44. The molecular formula is C14H18O4. The minimum Gasteiger partial charge on any atom is -0.458 e. The zero-order valence-electron chi connectivity index (χ0n) is 10.6. The van der Waals surface area contributed by atoms with Crippen molar-refractivity contribution in [2.45, 2.75) is 51.7 Å². The number of carbonyl (C=O) groups excluding carboxylic acids is 2. The molecule has 1 heterocycles. The Balaban J connectivity index is 1.94. The molecule has 0 aromatic carbocycles. The molecule has 4 heteroatoms. The summed E-state index contributed by atoms with van der Waals surface area (Å²) in [7, 11) is 0. The van der Waals surface area contributed by atoms with Gasteiger partial charge in [0.25, 0.3) is 6.29 Å². The van der Waals surface area contributed by atoms with Crippen LogP contribution in [0, 0.1) is 0 Å². The normalized spacial score (nSPS) is 27.5. The molecule has 0 aromatic rings. The number of hydrogen-bond acceptors (Lipinski definition) is 4. The van der Waals surface area contributed by atoms with Gasteiger partial charge in [0.1, 0.15) is 0 Å². The third kappa shape index (κ3) is 3.22. The van der Waals surface area contributed by atoms with E-state index in [-0.39, 0.29) is 11.8 Å². The molecule has 98 valence electrons. The molecule has 0 aromatic heterocycles. The van der Waals surface area contributed by atoms with Gasteiger partial charge in [-0.2, -0.15) is 0 Å². The van der Waals surface area contributed by atoms with E-state index in [1.165, 1.54) is 6.26 Å². The lowest BCUT2D eigenvalue weighted by Gasteiger charge is -2.13. The van der Waals surface area contributed by atoms with E-state index in [0.717, 1.165) is 32.1 Å². The number of ether oxygens (including phenoxy) is 2. The predicted octanol–water partition coefficient (Wildman–Crippen LogP) is 2.64. The quantitative estimate of drug-likeness (QED) is 0.429. The van der Waals surface area contributed by atoms with Crippen LogP contribution in [0.1, 0.15) is 45.4 Å². The smallest absolute Gasteiger partial charge is 0.336 e. The standard InChI is InChI=1S/C14H18O4/c1-10-8-13(18-14(10)16)17-9-11-6-4-2-3-5-7-12(11)15/h8-9,13H,2-7H2,1H3/b11-9+. The van der Waals surface area contributed by atoms with Gasteiger partial charge in [-0.15, -0.1) is 0 Å². The zero-order valence-corrected chi connectivity index (χ0v) is 10.6. The second kappa shape index (κ2) is 5.85. The maximum absolute atomic E-state index is 11.8. The molecule has 1 aliphatic heterocycles. The Morgan fingerprint density at radius 3 is 2.61 bits per heavy atom. The van der Waals surface area contributed by atoms with Gasteiger partial charge in [-0.1, -0.05) is 12.8 Å². The van der Waals surface area contributed by atoms with E-state index >= 15 is 0 Å². The van der Waals surface area contributed by atoms with Crippen molar-refractivity contribution in [2.24, 2.45) is 0 Å². The molecule has 0 N–H and O–H groups in total. The van der Waals surface area contributed by atoms with Gasteiger partial charge in [0.05, 0.1) is 6.26 Å². The molecule has 1 aliphatic carbocycles. The lowest BCUT2D eigenvalue weighted by molar-refractivity contribution is -0.152. The molecule has 1 atom stereocenters. The van der Waals surface area contributed by atoms with Crippen LogP contribution < -0.4 is 0 Å².